The summed E-state index contributed by atoms with van der Waals surface area (Å²) in [4.78, 5) is 20.0. The molecule has 1 amide bonds. The molecule has 3 nitrogen and oxygen atoms in total. The molecule has 2 aromatic carbocycles. The molecule has 1 aliphatic rings. The first kappa shape index (κ1) is 22.9. The summed E-state index contributed by atoms with van der Waals surface area (Å²) in [6, 6.07) is 14.1. The third kappa shape index (κ3) is 4.44. The Kier molecular flexibility index (Phi) is 6.61. The first-order chi connectivity index (χ1) is 16.5. The molecule has 2 heterocycles. The zero-order chi connectivity index (χ0) is 23.7. The third-order valence-corrected chi connectivity index (χ3v) is 8.10. The molecule has 0 unspecified atom stereocenters. The van der Waals surface area contributed by atoms with Gasteiger partial charge < -0.3 is 4.90 Å². The highest BCUT2D eigenvalue weighted by Gasteiger charge is 2.30. The molecule has 0 atom stereocenters. The fraction of sp³-hybridized carbons (Fsp3) is 0.259. The summed E-state index contributed by atoms with van der Waals surface area (Å²) < 4.78 is 28.9. The first-order valence-corrected chi connectivity index (χ1v) is 12.6. The fourth-order valence-corrected chi connectivity index (χ4v) is 6.21. The van der Waals surface area contributed by atoms with E-state index in [0.717, 1.165) is 72.3 Å². The number of halogens is 3. The van der Waals surface area contributed by atoms with Gasteiger partial charge in [-0.15, -0.1) is 11.3 Å². The SMILES string of the molecule is O=C(c1sc2c(F)ccc(F)c2c1Cl)N(Cc1cccc(-c2cccnc2)c1)C1CCCCC1. The largest absolute Gasteiger partial charge is 0.331 e. The lowest BCUT2D eigenvalue weighted by molar-refractivity contribution is 0.0619. The molecule has 0 radical (unpaired) electrons. The van der Waals surface area contributed by atoms with Crippen LogP contribution in [-0.2, 0) is 6.54 Å². The number of fused-ring (bicyclic) bond motifs is 1. The van der Waals surface area contributed by atoms with Gasteiger partial charge in [-0.1, -0.05) is 55.1 Å². The quantitative estimate of drug-likeness (QED) is 0.281. The Bertz CT molecular complexity index is 1340. The van der Waals surface area contributed by atoms with E-state index >= 15 is 0 Å². The Morgan fingerprint density at radius 1 is 1.03 bits per heavy atom. The van der Waals surface area contributed by atoms with Crippen molar-refractivity contribution in [3.63, 3.8) is 0 Å². The van der Waals surface area contributed by atoms with E-state index in [2.05, 4.69) is 11.1 Å². The topological polar surface area (TPSA) is 33.2 Å². The lowest BCUT2D eigenvalue weighted by Crippen LogP contribution is -2.40. The predicted molar refractivity (Wildman–Crippen MR) is 133 cm³/mol. The highest BCUT2D eigenvalue weighted by atomic mass is 35.5. The van der Waals surface area contributed by atoms with E-state index in [9.17, 15) is 13.6 Å². The van der Waals surface area contributed by atoms with E-state index in [1.807, 2.05) is 41.4 Å². The van der Waals surface area contributed by atoms with E-state index in [0.29, 0.717) is 6.54 Å². The van der Waals surface area contributed by atoms with Crippen LogP contribution in [0.4, 0.5) is 8.78 Å². The van der Waals surface area contributed by atoms with E-state index in [1.54, 1.807) is 6.20 Å². The molecular weight excluding hydrogens is 474 g/mol. The van der Waals surface area contributed by atoms with Crippen molar-refractivity contribution in [2.75, 3.05) is 0 Å². The molecule has 174 valence electrons. The number of carbonyl (C=O) groups excluding carboxylic acids is 1. The van der Waals surface area contributed by atoms with Crippen molar-refractivity contribution in [1.82, 2.24) is 9.88 Å². The molecule has 2 aromatic heterocycles. The number of nitrogens with zero attached hydrogens (tertiary/aromatic N) is 2. The molecule has 1 fully saturated rings. The minimum absolute atomic E-state index is 0.00748. The Morgan fingerprint density at radius 2 is 1.79 bits per heavy atom. The highest BCUT2D eigenvalue weighted by Crippen LogP contribution is 2.40. The van der Waals surface area contributed by atoms with Gasteiger partial charge in [-0.2, -0.15) is 0 Å². The minimum Gasteiger partial charge on any atom is -0.331 e. The zero-order valence-corrected chi connectivity index (χ0v) is 20.0. The fourth-order valence-electron chi connectivity index (χ4n) is 4.70. The molecule has 5 rings (SSSR count). The number of pyridine rings is 1. The zero-order valence-electron chi connectivity index (χ0n) is 18.4. The molecule has 0 aliphatic heterocycles. The molecule has 1 aliphatic carbocycles. The Balaban J connectivity index is 1.52. The summed E-state index contributed by atoms with van der Waals surface area (Å²) in [7, 11) is 0. The molecule has 4 aromatic rings. The van der Waals surface area contributed by atoms with Crippen LogP contribution in [0.2, 0.25) is 5.02 Å². The van der Waals surface area contributed by atoms with E-state index in [4.69, 9.17) is 11.6 Å². The minimum atomic E-state index is -0.620. The number of benzene rings is 2. The summed E-state index contributed by atoms with van der Waals surface area (Å²) in [6.45, 7) is 0.396. The normalized spacial score (nSPS) is 14.4. The summed E-state index contributed by atoms with van der Waals surface area (Å²) in [5.41, 5.74) is 3.00. The van der Waals surface area contributed by atoms with Gasteiger partial charge in [-0.3, -0.25) is 9.78 Å². The smallest absolute Gasteiger partial charge is 0.266 e. The van der Waals surface area contributed by atoms with Crippen molar-refractivity contribution < 1.29 is 13.6 Å². The van der Waals surface area contributed by atoms with Crippen molar-refractivity contribution in [3.8, 4) is 11.1 Å². The van der Waals surface area contributed by atoms with Crippen molar-refractivity contribution >= 4 is 38.9 Å². The van der Waals surface area contributed by atoms with Crippen LogP contribution in [0.15, 0.2) is 60.9 Å². The Hall–Kier alpha value is -2.83. The average Bonchev–Trinajstić information content (AvgIpc) is 3.24. The van der Waals surface area contributed by atoms with Gasteiger partial charge in [0, 0.05) is 25.0 Å². The van der Waals surface area contributed by atoms with E-state index < -0.39 is 11.6 Å². The molecule has 7 heteroatoms. The number of rotatable bonds is 5. The third-order valence-electron chi connectivity index (χ3n) is 6.43. The van der Waals surface area contributed by atoms with E-state index in [1.165, 1.54) is 0 Å². The van der Waals surface area contributed by atoms with Crippen LogP contribution in [0.3, 0.4) is 0 Å². The maximum atomic E-state index is 14.4. The van der Waals surface area contributed by atoms with Crippen LogP contribution in [0.25, 0.3) is 21.2 Å². The molecule has 0 bridgehead atoms. The standard InChI is InChI=1S/C27H23ClF2N2OS/c28-24-23-21(29)11-12-22(30)25(23)34-26(24)27(33)32(20-9-2-1-3-10-20)16-17-6-4-7-18(14-17)19-8-5-13-31-15-19/h4-8,11-15,20H,1-3,9-10,16H2. The highest BCUT2D eigenvalue weighted by molar-refractivity contribution is 7.21. The number of hydrogen-bond acceptors (Lipinski definition) is 3. The number of amides is 1. The summed E-state index contributed by atoms with van der Waals surface area (Å²) in [5, 5.41) is -0.0240. The van der Waals surface area contributed by atoms with Crippen LogP contribution in [0, 0.1) is 11.6 Å². The van der Waals surface area contributed by atoms with Gasteiger partial charge in [0.15, 0.2) is 0 Å². The van der Waals surface area contributed by atoms with Gasteiger partial charge >= 0.3 is 0 Å². The molecule has 1 saturated carbocycles. The van der Waals surface area contributed by atoms with Crippen LogP contribution < -0.4 is 0 Å². The van der Waals surface area contributed by atoms with Crippen LogP contribution in [0.5, 0.6) is 0 Å². The lowest BCUT2D eigenvalue weighted by atomic mass is 9.93. The average molecular weight is 497 g/mol. The summed E-state index contributed by atoms with van der Waals surface area (Å²) in [6.07, 6.45) is 8.59. The second kappa shape index (κ2) is 9.80. The van der Waals surface area contributed by atoms with Gasteiger partial charge in [0.1, 0.15) is 16.5 Å². The van der Waals surface area contributed by atoms with Gasteiger partial charge in [0.2, 0.25) is 0 Å². The second-order valence-corrected chi connectivity index (χ2v) is 10.0. The Labute approximate surface area is 206 Å². The summed E-state index contributed by atoms with van der Waals surface area (Å²) >= 11 is 7.40. The number of carbonyl (C=O) groups is 1. The van der Waals surface area contributed by atoms with Crippen LogP contribution in [-0.4, -0.2) is 21.8 Å². The van der Waals surface area contributed by atoms with Crippen molar-refractivity contribution in [2.45, 2.75) is 44.7 Å². The maximum absolute atomic E-state index is 14.4. The van der Waals surface area contributed by atoms with Crippen LogP contribution in [0.1, 0.15) is 47.3 Å². The lowest BCUT2D eigenvalue weighted by Gasteiger charge is -2.34. The predicted octanol–water partition coefficient (Wildman–Crippen LogP) is 7.87. The van der Waals surface area contributed by atoms with Crippen molar-refractivity contribution in [2.24, 2.45) is 0 Å². The Morgan fingerprint density at radius 3 is 2.53 bits per heavy atom. The van der Waals surface area contributed by atoms with Gasteiger partial charge in [0.05, 0.1) is 15.1 Å². The first-order valence-electron chi connectivity index (χ1n) is 11.4. The van der Waals surface area contributed by atoms with Gasteiger partial charge in [0.25, 0.3) is 5.91 Å². The van der Waals surface area contributed by atoms with Crippen molar-refractivity contribution in [1.29, 1.82) is 0 Å². The van der Waals surface area contributed by atoms with Gasteiger partial charge in [-0.05, 0) is 53.8 Å². The number of aromatic nitrogens is 1. The van der Waals surface area contributed by atoms with Gasteiger partial charge in [-0.25, -0.2) is 8.78 Å². The number of hydrogen-bond donors (Lipinski definition) is 0. The number of thiophene rings is 1. The molecule has 34 heavy (non-hydrogen) atoms. The van der Waals surface area contributed by atoms with Crippen molar-refractivity contribution in [3.05, 3.63) is 88.0 Å². The monoisotopic (exact) mass is 496 g/mol. The molecule has 0 saturated heterocycles. The maximum Gasteiger partial charge on any atom is 0.266 e. The summed E-state index contributed by atoms with van der Waals surface area (Å²) in [5.74, 6) is -1.47. The molecular formula is C27H23ClF2N2OS. The second-order valence-electron chi connectivity index (χ2n) is 8.65. The molecule has 0 N–H and O–H groups in total. The van der Waals surface area contributed by atoms with E-state index in [-0.39, 0.29) is 31.9 Å². The van der Waals surface area contributed by atoms with Crippen LogP contribution >= 0.6 is 22.9 Å². The molecule has 0 spiro atoms.